The Morgan fingerprint density at radius 3 is 2.59 bits per heavy atom. The molecule has 2 aromatic carbocycles. The largest absolute Gasteiger partial charge is 0.384 e. The highest BCUT2D eigenvalue weighted by atomic mass is 16.5. The Morgan fingerprint density at radius 2 is 1.83 bits per heavy atom. The van der Waals surface area contributed by atoms with Crippen molar-refractivity contribution in [2.45, 2.75) is 13.8 Å². The molecular weight excluding hydrogens is 362 g/mol. The first kappa shape index (κ1) is 19.5. The third kappa shape index (κ3) is 5.16. The van der Waals surface area contributed by atoms with E-state index in [1.807, 2.05) is 6.07 Å². The number of hydrogen-bond acceptors (Lipinski definition) is 5. The van der Waals surface area contributed by atoms with Gasteiger partial charge in [0.2, 0.25) is 0 Å². The topological polar surface area (TPSA) is 65.2 Å². The first-order valence-corrected chi connectivity index (χ1v) is 10.2. The first-order chi connectivity index (χ1) is 14.2. The molecule has 3 N–H and O–H groups in total. The fourth-order valence-electron chi connectivity index (χ4n) is 3.50. The Labute approximate surface area is 172 Å². The molecule has 0 saturated carbocycles. The van der Waals surface area contributed by atoms with Gasteiger partial charge in [0.15, 0.2) is 5.82 Å². The van der Waals surface area contributed by atoms with Crippen LogP contribution in [0.25, 0.3) is 11.3 Å². The third-order valence-corrected chi connectivity index (χ3v) is 5.29. The van der Waals surface area contributed by atoms with Crippen LogP contribution in [0.5, 0.6) is 0 Å². The van der Waals surface area contributed by atoms with E-state index in [0.29, 0.717) is 0 Å². The molecule has 0 unspecified atom stereocenters. The molecule has 0 spiro atoms. The van der Waals surface area contributed by atoms with Crippen molar-refractivity contribution in [3.8, 4) is 11.3 Å². The highest BCUT2D eigenvalue weighted by molar-refractivity contribution is 5.69. The van der Waals surface area contributed by atoms with Crippen molar-refractivity contribution in [2.24, 2.45) is 0 Å². The van der Waals surface area contributed by atoms with E-state index in [-0.39, 0.29) is 0 Å². The molecule has 0 atom stereocenters. The summed E-state index contributed by atoms with van der Waals surface area (Å²) >= 11 is 0. The van der Waals surface area contributed by atoms with Gasteiger partial charge in [-0.05, 0) is 43.2 Å². The molecule has 0 bridgehead atoms. The van der Waals surface area contributed by atoms with Crippen LogP contribution < -0.4 is 10.6 Å². The van der Waals surface area contributed by atoms with Crippen molar-refractivity contribution in [1.29, 1.82) is 0 Å². The van der Waals surface area contributed by atoms with Crippen LogP contribution in [0.3, 0.4) is 0 Å². The van der Waals surface area contributed by atoms with E-state index in [4.69, 9.17) is 4.74 Å². The third-order valence-electron chi connectivity index (χ3n) is 5.29. The monoisotopic (exact) mass is 391 g/mol. The van der Waals surface area contributed by atoms with Crippen molar-refractivity contribution in [3.05, 3.63) is 59.7 Å². The van der Waals surface area contributed by atoms with Gasteiger partial charge in [-0.2, -0.15) is 5.10 Å². The molecule has 1 aliphatic heterocycles. The van der Waals surface area contributed by atoms with Gasteiger partial charge in [-0.25, -0.2) is 0 Å². The number of hydrogen-bond donors (Lipinski definition) is 3. The molecule has 3 aromatic rings. The number of aromatic amines is 1. The Hall–Kier alpha value is -2.83. The lowest BCUT2D eigenvalue weighted by Gasteiger charge is -2.26. The number of morpholine rings is 1. The minimum absolute atomic E-state index is 0.816. The minimum Gasteiger partial charge on any atom is -0.384 e. The summed E-state index contributed by atoms with van der Waals surface area (Å²) in [7, 11) is 0. The maximum absolute atomic E-state index is 5.40. The molecule has 4 rings (SSSR count). The van der Waals surface area contributed by atoms with E-state index in [1.54, 1.807) is 0 Å². The summed E-state index contributed by atoms with van der Waals surface area (Å²) in [6.45, 7) is 9.92. The molecule has 1 saturated heterocycles. The fraction of sp³-hybridized carbons (Fsp3) is 0.348. The van der Waals surface area contributed by atoms with Crippen LogP contribution in [0.4, 0.5) is 17.2 Å². The zero-order valence-electron chi connectivity index (χ0n) is 17.2. The second-order valence-corrected chi connectivity index (χ2v) is 7.57. The predicted molar refractivity (Wildman–Crippen MR) is 119 cm³/mol. The van der Waals surface area contributed by atoms with Gasteiger partial charge in [0.05, 0.1) is 18.9 Å². The number of rotatable bonds is 7. The fourth-order valence-corrected chi connectivity index (χ4v) is 3.50. The molecule has 0 aliphatic carbocycles. The Bertz CT molecular complexity index is 929. The summed E-state index contributed by atoms with van der Waals surface area (Å²) in [5.41, 5.74) is 6.77. The lowest BCUT2D eigenvalue weighted by molar-refractivity contribution is 0.0398. The van der Waals surface area contributed by atoms with Gasteiger partial charge in [0.1, 0.15) is 0 Å². The summed E-state index contributed by atoms with van der Waals surface area (Å²) in [5.74, 6) is 0.816. The highest BCUT2D eigenvalue weighted by Gasteiger charge is 2.10. The van der Waals surface area contributed by atoms with Crippen LogP contribution in [-0.2, 0) is 4.74 Å². The summed E-state index contributed by atoms with van der Waals surface area (Å²) in [6, 6.07) is 16.9. The molecule has 1 fully saturated rings. The first-order valence-electron chi connectivity index (χ1n) is 10.2. The van der Waals surface area contributed by atoms with E-state index in [9.17, 15) is 0 Å². The molecule has 29 heavy (non-hydrogen) atoms. The highest BCUT2D eigenvalue weighted by Crippen LogP contribution is 2.25. The minimum atomic E-state index is 0.816. The summed E-state index contributed by atoms with van der Waals surface area (Å²) in [5, 5.41) is 14.5. The van der Waals surface area contributed by atoms with Crippen molar-refractivity contribution < 1.29 is 4.74 Å². The van der Waals surface area contributed by atoms with Crippen LogP contribution in [0.1, 0.15) is 11.1 Å². The second kappa shape index (κ2) is 9.11. The number of aryl methyl sites for hydroxylation is 2. The molecule has 0 radical (unpaired) electrons. The van der Waals surface area contributed by atoms with Crippen LogP contribution in [0.2, 0.25) is 0 Å². The number of aromatic nitrogens is 2. The molecule has 6 heteroatoms. The van der Waals surface area contributed by atoms with Gasteiger partial charge in [-0.1, -0.05) is 29.8 Å². The number of nitrogens with zero attached hydrogens (tertiary/aromatic N) is 2. The number of nitrogens with one attached hydrogen (secondary N) is 3. The molecule has 0 amide bonds. The summed E-state index contributed by atoms with van der Waals surface area (Å²) in [6.07, 6.45) is 0. The average molecular weight is 392 g/mol. The zero-order valence-corrected chi connectivity index (χ0v) is 17.2. The molecule has 152 valence electrons. The molecule has 6 nitrogen and oxygen atoms in total. The standard InChI is InChI=1S/C23H29N5O/c1-17-3-5-19(6-4-17)22-16-23(27-26-22)25-21-8-7-20(15-18(21)2)24-9-10-28-11-13-29-14-12-28/h3-8,15-16,24H,9-14H2,1-2H3,(H2,25,26,27). The number of anilines is 3. The van der Waals surface area contributed by atoms with Crippen LogP contribution in [-0.4, -0.2) is 54.5 Å². The molecule has 1 aliphatic rings. The van der Waals surface area contributed by atoms with E-state index in [0.717, 1.165) is 67.8 Å². The number of benzene rings is 2. The molecule has 1 aromatic heterocycles. The summed E-state index contributed by atoms with van der Waals surface area (Å²) < 4.78 is 5.40. The van der Waals surface area contributed by atoms with Gasteiger partial charge in [0, 0.05) is 43.6 Å². The van der Waals surface area contributed by atoms with Gasteiger partial charge in [-0.15, -0.1) is 0 Å². The maximum Gasteiger partial charge on any atom is 0.152 e. The van der Waals surface area contributed by atoms with Crippen LogP contribution in [0, 0.1) is 13.8 Å². The van der Waals surface area contributed by atoms with Gasteiger partial charge in [0.25, 0.3) is 0 Å². The maximum atomic E-state index is 5.40. The lowest BCUT2D eigenvalue weighted by atomic mass is 10.1. The quantitative estimate of drug-likeness (QED) is 0.564. The zero-order chi connectivity index (χ0) is 20.1. The Morgan fingerprint density at radius 1 is 1.03 bits per heavy atom. The van der Waals surface area contributed by atoms with Gasteiger partial charge in [-0.3, -0.25) is 10.00 Å². The van der Waals surface area contributed by atoms with Gasteiger partial charge < -0.3 is 15.4 Å². The number of ether oxygens (including phenoxy) is 1. The smallest absolute Gasteiger partial charge is 0.152 e. The van der Waals surface area contributed by atoms with E-state index < -0.39 is 0 Å². The van der Waals surface area contributed by atoms with Crippen molar-refractivity contribution >= 4 is 17.2 Å². The second-order valence-electron chi connectivity index (χ2n) is 7.57. The van der Waals surface area contributed by atoms with Gasteiger partial charge >= 0.3 is 0 Å². The normalized spacial score (nSPS) is 14.7. The van der Waals surface area contributed by atoms with E-state index in [1.165, 1.54) is 11.1 Å². The predicted octanol–water partition coefficient (Wildman–Crippen LogP) is 4.18. The lowest BCUT2D eigenvalue weighted by Crippen LogP contribution is -2.39. The molecular formula is C23H29N5O. The van der Waals surface area contributed by atoms with E-state index in [2.05, 4.69) is 82.0 Å². The van der Waals surface area contributed by atoms with Crippen molar-refractivity contribution in [2.75, 3.05) is 50.0 Å². The Kier molecular flexibility index (Phi) is 6.12. The SMILES string of the molecule is Cc1ccc(-c2cc(Nc3ccc(NCCN4CCOCC4)cc3C)n[nH]2)cc1. The van der Waals surface area contributed by atoms with Crippen molar-refractivity contribution in [3.63, 3.8) is 0 Å². The van der Waals surface area contributed by atoms with Crippen molar-refractivity contribution in [1.82, 2.24) is 15.1 Å². The Balaban J connectivity index is 1.34. The summed E-state index contributed by atoms with van der Waals surface area (Å²) in [4.78, 5) is 2.43. The number of H-pyrrole nitrogens is 1. The average Bonchev–Trinajstić information content (AvgIpc) is 3.20. The van der Waals surface area contributed by atoms with Crippen LogP contribution in [0.15, 0.2) is 48.5 Å². The van der Waals surface area contributed by atoms with E-state index >= 15 is 0 Å². The van der Waals surface area contributed by atoms with Crippen LogP contribution >= 0.6 is 0 Å². The molecule has 2 heterocycles.